The first kappa shape index (κ1) is 32.0. The van der Waals surface area contributed by atoms with Gasteiger partial charge in [-0.25, -0.2) is 4.79 Å². The zero-order chi connectivity index (χ0) is 30.2. The molecule has 0 aromatic heterocycles. The number of rotatable bonds is 11. The molecular formula is C30H51N5O5. The van der Waals surface area contributed by atoms with Crippen LogP contribution in [0.1, 0.15) is 93.9 Å². The highest BCUT2D eigenvalue weighted by Crippen LogP contribution is 2.57. The van der Waals surface area contributed by atoms with Crippen LogP contribution in [0, 0.1) is 28.6 Å². The van der Waals surface area contributed by atoms with Crippen LogP contribution in [-0.4, -0.2) is 71.1 Å². The molecule has 0 aromatic rings. The fourth-order valence-electron chi connectivity index (χ4n) is 6.56. The van der Waals surface area contributed by atoms with E-state index in [9.17, 15) is 24.0 Å². The van der Waals surface area contributed by atoms with Gasteiger partial charge in [0.2, 0.25) is 11.7 Å². The van der Waals surface area contributed by atoms with Gasteiger partial charge < -0.3 is 26.6 Å². The monoisotopic (exact) mass is 561 g/mol. The Morgan fingerprint density at radius 2 is 1.65 bits per heavy atom. The highest BCUT2D eigenvalue weighted by atomic mass is 16.2. The molecule has 2 aliphatic carbocycles. The molecular weight excluding hydrogens is 510 g/mol. The molecule has 10 nitrogen and oxygen atoms in total. The van der Waals surface area contributed by atoms with Gasteiger partial charge in [-0.1, -0.05) is 53.9 Å². The minimum absolute atomic E-state index is 0.00678. The van der Waals surface area contributed by atoms with Gasteiger partial charge in [-0.3, -0.25) is 19.2 Å². The van der Waals surface area contributed by atoms with Gasteiger partial charge in [0.05, 0.1) is 18.6 Å². The smallest absolute Gasteiger partial charge is 0.315 e. The fourth-order valence-corrected chi connectivity index (χ4v) is 6.56. The highest BCUT2D eigenvalue weighted by molar-refractivity contribution is 6.37. The van der Waals surface area contributed by atoms with Crippen LogP contribution in [0.2, 0.25) is 0 Å². The molecule has 226 valence electrons. The van der Waals surface area contributed by atoms with Gasteiger partial charge in [0.25, 0.3) is 5.91 Å². The van der Waals surface area contributed by atoms with Crippen molar-refractivity contribution in [3.63, 3.8) is 0 Å². The Morgan fingerprint density at radius 1 is 1.02 bits per heavy atom. The van der Waals surface area contributed by atoms with Crippen molar-refractivity contribution in [3.05, 3.63) is 0 Å². The maximum atomic E-state index is 14.1. The summed E-state index contributed by atoms with van der Waals surface area (Å²) >= 11 is 0. The van der Waals surface area contributed by atoms with E-state index in [2.05, 4.69) is 29.8 Å². The molecule has 3 rings (SSSR count). The average Bonchev–Trinajstić information content (AvgIpc) is 3.10. The molecule has 1 heterocycles. The number of primary amides is 1. The summed E-state index contributed by atoms with van der Waals surface area (Å²) in [7, 11) is 0. The van der Waals surface area contributed by atoms with E-state index in [0.29, 0.717) is 18.9 Å². The van der Waals surface area contributed by atoms with Crippen LogP contribution in [0.4, 0.5) is 4.79 Å². The molecule has 0 bridgehead atoms. The Kier molecular flexibility index (Phi) is 9.43. The van der Waals surface area contributed by atoms with Gasteiger partial charge in [0, 0.05) is 12.1 Å². The van der Waals surface area contributed by atoms with E-state index in [1.165, 1.54) is 6.42 Å². The number of amides is 4. The maximum absolute atomic E-state index is 14.1. The number of nitrogens with two attached hydrogens (primary N) is 1. The number of urea groups is 1. The van der Waals surface area contributed by atoms with E-state index in [1.54, 1.807) is 4.90 Å². The van der Waals surface area contributed by atoms with Crippen molar-refractivity contribution in [2.75, 3.05) is 13.1 Å². The zero-order valence-corrected chi connectivity index (χ0v) is 25.7. The molecule has 0 spiro atoms. The molecule has 5 unspecified atom stereocenters. The predicted molar refractivity (Wildman–Crippen MR) is 153 cm³/mol. The number of carbonyl (C=O) groups excluding carboxylic acids is 5. The SMILES string of the molecule is CC(C)(C)NC(=O)NC(C(=O)N1CC2C(CC2(C)C)C1C(=O)CNC(CCC1CCC1)C(=O)C(N)=O)C(C)(C)C. The summed E-state index contributed by atoms with van der Waals surface area (Å²) in [4.78, 5) is 66.5. The lowest BCUT2D eigenvalue weighted by molar-refractivity contribution is -0.142. The third-order valence-electron chi connectivity index (χ3n) is 9.08. The van der Waals surface area contributed by atoms with Crippen molar-refractivity contribution < 1.29 is 24.0 Å². The highest BCUT2D eigenvalue weighted by Gasteiger charge is 2.60. The molecule has 3 aliphatic rings. The predicted octanol–water partition coefficient (Wildman–Crippen LogP) is 2.53. The number of likely N-dealkylation sites (tertiary alicyclic amines) is 1. The Hall–Kier alpha value is -2.49. The minimum atomic E-state index is -1.01. The molecule has 5 N–H and O–H groups in total. The number of Topliss-reactive ketones (excluding diaryl/α,β-unsaturated/α-hetero) is 2. The van der Waals surface area contributed by atoms with E-state index in [-0.39, 0.29) is 35.5 Å². The lowest BCUT2D eigenvalue weighted by Gasteiger charge is -2.48. The van der Waals surface area contributed by atoms with Crippen LogP contribution in [0.15, 0.2) is 0 Å². The number of hydrogen-bond donors (Lipinski definition) is 4. The third kappa shape index (κ3) is 7.42. The van der Waals surface area contributed by atoms with Gasteiger partial charge in [-0.05, 0) is 68.6 Å². The van der Waals surface area contributed by atoms with E-state index in [4.69, 9.17) is 5.73 Å². The van der Waals surface area contributed by atoms with Gasteiger partial charge in [0.15, 0.2) is 5.78 Å². The molecule has 40 heavy (non-hydrogen) atoms. The second kappa shape index (κ2) is 11.8. The summed E-state index contributed by atoms with van der Waals surface area (Å²) in [6.45, 7) is 15.9. The molecule has 1 aliphatic heterocycles. The Labute approximate surface area is 239 Å². The lowest BCUT2D eigenvalue weighted by atomic mass is 9.55. The van der Waals surface area contributed by atoms with Crippen LogP contribution in [-0.2, 0) is 19.2 Å². The summed E-state index contributed by atoms with van der Waals surface area (Å²) in [5, 5.41) is 8.75. The number of hydrogen-bond acceptors (Lipinski definition) is 6. The number of fused-ring (bicyclic) bond motifs is 1. The largest absolute Gasteiger partial charge is 0.363 e. The topological polar surface area (TPSA) is 151 Å². The summed E-state index contributed by atoms with van der Waals surface area (Å²) in [6.07, 6.45) is 5.47. The molecule has 0 radical (unpaired) electrons. The molecule has 1 saturated heterocycles. The number of ketones is 2. The zero-order valence-electron chi connectivity index (χ0n) is 25.7. The van der Waals surface area contributed by atoms with Crippen molar-refractivity contribution in [1.82, 2.24) is 20.9 Å². The first-order valence-electron chi connectivity index (χ1n) is 14.8. The number of carbonyl (C=O) groups is 5. The van der Waals surface area contributed by atoms with E-state index in [0.717, 1.165) is 25.7 Å². The summed E-state index contributed by atoms with van der Waals surface area (Å²) in [5.74, 6) is -1.47. The molecule has 5 atom stereocenters. The Balaban J connectivity index is 1.78. The van der Waals surface area contributed by atoms with Gasteiger partial charge >= 0.3 is 6.03 Å². The van der Waals surface area contributed by atoms with Crippen LogP contribution in [0.3, 0.4) is 0 Å². The van der Waals surface area contributed by atoms with E-state index < -0.39 is 46.8 Å². The minimum Gasteiger partial charge on any atom is -0.363 e. The summed E-state index contributed by atoms with van der Waals surface area (Å²) in [6, 6.07) is -2.75. The Morgan fingerprint density at radius 3 is 2.12 bits per heavy atom. The quantitative estimate of drug-likeness (QED) is 0.285. The van der Waals surface area contributed by atoms with Gasteiger partial charge in [-0.15, -0.1) is 0 Å². The second-order valence-corrected chi connectivity index (χ2v) is 15.0. The molecule has 10 heteroatoms. The van der Waals surface area contributed by atoms with Crippen molar-refractivity contribution in [1.29, 1.82) is 0 Å². The second-order valence-electron chi connectivity index (χ2n) is 15.0. The van der Waals surface area contributed by atoms with Crippen molar-refractivity contribution >= 4 is 29.4 Å². The summed E-state index contributed by atoms with van der Waals surface area (Å²) in [5.41, 5.74) is 4.22. The normalized spacial score (nSPS) is 25.6. The summed E-state index contributed by atoms with van der Waals surface area (Å²) < 4.78 is 0. The van der Waals surface area contributed by atoms with Gasteiger partial charge in [0.1, 0.15) is 6.04 Å². The molecule has 3 fully saturated rings. The maximum Gasteiger partial charge on any atom is 0.315 e. The van der Waals surface area contributed by atoms with E-state index >= 15 is 0 Å². The fraction of sp³-hybridized carbons (Fsp3) is 0.833. The molecule has 4 amide bonds. The van der Waals surface area contributed by atoms with Crippen LogP contribution in [0.5, 0.6) is 0 Å². The Bertz CT molecular complexity index is 1010. The van der Waals surface area contributed by atoms with Crippen LogP contribution >= 0.6 is 0 Å². The third-order valence-corrected chi connectivity index (χ3v) is 9.08. The molecule has 0 aromatic carbocycles. The number of nitrogens with one attached hydrogen (secondary N) is 3. The van der Waals surface area contributed by atoms with Crippen LogP contribution in [0.25, 0.3) is 0 Å². The van der Waals surface area contributed by atoms with Gasteiger partial charge in [-0.2, -0.15) is 0 Å². The number of nitrogens with zero attached hydrogens (tertiary/aromatic N) is 1. The van der Waals surface area contributed by atoms with Crippen molar-refractivity contribution in [2.45, 2.75) is 118 Å². The van der Waals surface area contributed by atoms with Crippen molar-refractivity contribution in [2.24, 2.45) is 34.3 Å². The molecule has 2 saturated carbocycles. The first-order chi connectivity index (χ1) is 18.3. The van der Waals surface area contributed by atoms with Crippen molar-refractivity contribution in [3.8, 4) is 0 Å². The van der Waals surface area contributed by atoms with E-state index in [1.807, 2.05) is 41.5 Å². The average molecular weight is 562 g/mol. The van der Waals surface area contributed by atoms with Crippen LogP contribution < -0.4 is 21.7 Å². The lowest BCUT2D eigenvalue weighted by Crippen LogP contribution is -2.60. The first-order valence-corrected chi connectivity index (χ1v) is 14.8. The standard InChI is InChI=1S/C30H51N5O5/c1-28(2,3)24(33-27(40)34-29(4,5)6)26(39)35-16-19-18(14-30(19,7)8)22(35)21(36)15-32-20(23(37)25(31)38)13-12-17-10-9-11-17/h17-20,22,24,32H,9-16H2,1-8H3,(H2,31,38)(H2,33,34,40).